The third-order valence-electron chi connectivity index (χ3n) is 6.23. The van der Waals surface area contributed by atoms with E-state index in [1.54, 1.807) is 20.8 Å². The van der Waals surface area contributed by atoms with E-state index in [2.05, 4.69) is 4.98 Å². The van der Waals surface area contributed by atoms with Crippen LogP contribution in [0.25, 0.3) is 10.8 Å². The highest BCUT2D eigenvalue weighted by Gasteiger charge is 2.54. The summed E-state index contributed by atoms with van der Waals surface area (Å²) in [6, 6.07) is 2.95. The molecule has 3 heterocycles. The maximum atomic E-state index is 14.4. The van der Waals surface area contributed by atoms with Crippen molar-refractivity contribution in [3.8, 4) is 16.5 Å². The van der Waals surface area contributed by atoms with Crippen LogP contribution in [-0.4, -0.2) is 60.8 Å². The molecule has 1 unspecified atom stereocenters. The lowest BCUT2D eigenvalue weighted by Gasteiger charge is -2.53. The lowest BCUT2D eigenvalue weighted by atomic mass is 10.1. The topological polar surface area (TPSA) is 146 Å². The van der Waals surface area contributed by atoms with Crippen molar-refractivity contribution in [3.63, 3.8) is 0 Å². The van der Waals surface area contributed by atoms with Gasteiger partial charge in [0.05, 0.1) is 30.8 Å². The summed E-state index contributed by atoms with van der Waals surface area (Å²) >= 11 is 1.04. The number of thiophene rings is 1. The number of urea groups is 1. The van der Waals surface area contributed by atoms with Crippen molar-refractivity contribution in [2.75, 3.05) is 18.6 Å². The molecule has 14 heteroatoms. The number of halogens is 1. The van der Waals surface area contributed by atoms with E-state index in [9.17, 15) is 28.2 Å². The molecule has 1 atom stereocenters. The lowest BCUT2D eigenvalue weighted by molar-refractivity contribution is -0.145. The van der Waals surface area contributed by atoms with Crippen LogP contribution in [0.15, 0.2) is 40.0 Å². The summed E-state index contributed by atoms with van der Waals surface area (Å²) in [4.78, 5) is 32.0. The SMILES string of the molecule is COc1ccc(F)cc1C(CN1C(=O)N(C(C)(C)C(=O)O)S(O)(O)c2c1sc(-c1ncco1)c2C)OC(C)C. The van der Waals surface area contributed by atoms with Crippen LogP contribution in [0.1, 0.15) is 44.9 Å². The summed E-state index contributed by atoms with van der Waals surface area (Å²) in [6.07, 6.45) is 1.49. The summed E-state index contributed by atoms with van der Waals surface area (Å²) in [5, 5.41) is 10.1. The molecule has 0 saturated carbocycles. The highest BCUT2D eigenvalue weighted by molar-refractivity contribution is 8.23. The minimum absolute atomic E-state index is 0.0240. The number of nitrogens with zero attached hydrogens (tertiary/aromatic N) is 3. The Labute approximate surface area is 230 Å². The Hall–Kier alpha value is -3.17. The Morgan fingerprint density at radius 3 is 2.56 bits per heavy atom. The molecule has 39 heavy (non-hydrogen) atoms. The summed E-state index contributed by atoms with van der Waals surface area (Å²) < 4.78 is 54.9. The Balaban J connectivity index is 1.94. The van der Waals surface area contributed by atoms with E-state index in [-0.39, 0.29) is 28.4 Å². The molecule has 0 saturated heterocycles. The van der Waals surface area contributed by atoms with Crippen LogP contribution >= 0.6 is 22.1 Å². The van der Waals surface area contributed by atoms with Crippen molar-refractivity contribution >= 4 is 39.1 Å². The molecule has 0 bridgehead atoms. The standard InChI is InChI=1S/C25H30FN3O8S2/c1-13(2)37-18(16-11-15(26)7-8-17(16)35-6)12-28-22-20(14(3)19(38-22)21-27-9-10-36-21)39(33,34)29(24(28)32)25(4,5)23(30)31/h7-11,13,18,33-34H,12H2,1-6H3,(H,30,31). The first-order valence-corrected chi connectivity index (χ1v) is 14.2. The van der Waals surface area contributed by atoms with E-state index in [1.165, 1.54) is 56.5 Å². The Bertz CT molecular complexity index is 1390. The molecule has 0 spiro atoms. The fourth-order valence-electron chi connectivity index (χ4n) is 4.39. The van der Waals surface area contributed by atoms with Gasteiger partial charge in [-0.25, -0.2) is 23.3 Å². The van der Waals surface area contributed by atoms with Crippen molar-refractivity contribution < 1.29 is 42.1 Å². The predicted octanol–water partition coefficient (Wildman–Crippen LogP) is 6.16. The molecule has 3 aromatic rings. The predicted molar refractivity (Wildman–Crippen MR) is 144 cm³/mol. The number of aliphatic carboxylic acids is 1. The quantitative estimate of drug-likeness (QED) is 0.270. The molecule has 1 aromatic carbocycles. The number of oxazole rings is 1. The third kappa shape index (κ3) is 4.98. The number of hydrogen-bond acceptors (Lipinski definition) is 9. The summed E-state index contributed by atoms with van der Waals surface area (Å²) in [6.45, 7) is 7.35. The average Bonchev–Trinajstić information content (AvgIpc) is 3.48. The fraction of sp³-hybridized carbons (Fsp3) is 0.400. The number of ether oxygens (including phenoxy) is 2. The van der Waals surface area contributed by atoms with E-state index in [1.807, 2.05) is 0 Å². The molecule has 0 radical (unpaired) electrons. The monoisotopic (exact) mass is 583 g/mol. The number of carboxylic acids is 1. The van der Waals surface area contributed by atoms with Crippen LogP contribution < -0.4 is 9.64 Å². The number of aromatic nitrogens is 1. The minimum atomic E-state index is -4.13. The molecule has 2 aromatic heterocycles. The number of anilines is 1. The van der Waals surface area contributed by atoms with E-state index in [0.717, 1.165) is 11.3 Å². The Morgan fingerprint density at radius 1 is 1.31 bits per heavy atom. The molecule has 4 rings (SSSR count). The van der Waals surface area contributed by atoms with E-state index < -0.39 is 40.2 Å². The summed E-state index contributed by atoms with van der Waals surface area (Å²) in [7, 11) is -2.71. The van der Waals surface area contributed by atoms with Crippen LogP contribution in [0.5, 0.6) is 5.75 Å². The van der Waals surface area contributed by atoms with Gasteiger partial charge in [-0.2, -0.15) is 0 Å². The molecule has 0 aliphatic carbocycles. The molecule has 11 nitrogen and oxygen atoms in total. The number of benzene rings is 1. The summed E-state index contributed by atoms with van der Waals surface area (Å²) in [5.74, 6) is -1.47. The highest BCUT2D eigenvalue weighted by Crippen LogP contribution is 2.66. The number of hydrogen-bond donors (Lipinski definition) is 3. The Kier molecular flexibility index (Phi) is 7.71. The van der Waals surface area contributed by atoms with Crippen LogP contribution in [0, 0.1) is 12.7 Å². The van der Waals surface area contributed by atoms with Gasteiger partial charge in [-0.1, -0.05) is 10.8 Å². The number of carbonyl (C=O) groups is 2. The van der Waals surface area contributed by atoms with Crippen LogP contribution in [0.3, 0.4) is 0 Å². The van der Waals surface area contributed by atoms with E-state index >= 15 is 0 Å². The summed E-state index contributed by atoms with van der Waals surface area (Å²) in [5.41, 5.74) is -1.33. The molecule has 2 amide bonds. The average molecular weight is 584 g/mol. The second-order valence-electron chi connectivity index (χ2n) is 9.66. The zero-order valence-corrected chi connectivity index (χ0v) is 23.8. The van der Waals surface area contributed by atoms with Crippen molar-refractivity contribution in [2.24, 2.45) is 0 Å². The number of amides is 2. The smallest absolute Gasteiger partial charge is 0.344 e. The van der Waals surface area contributed by atoms with Gasteiger partial charge in [0.1, 0.15) is 33.8 Å². The largest absolute Gasteiger partial charge is 0.496 e. The molecule has 1 aliphatic rings. The first-order chi connectivity index (χ1) is 18.2. The van der Waals surface area contributed by atoms with Crippen molar-refractivity contribution in [3.05, 3.63) is 47.6 Å². The second-order valence-corrected chi connectivity index (χ2v) is 12.5. The van der Waals surface area contributed by atoms with Crippen molar-refractivity contribution in [1.29, 1.82) is 0 Å². The molecule has 1 aliphatic heterocycles. The maximum Gasteiger partial charge on any atom is 0.344 e. The van der Waals surface area contributed by atoms with Crippen LogP contribution in [0.4, 0.5) is 14.2 Å². The van der Waals surface area contributed by atoms with Gasteiger partial charge in [0.25, 0.3) is 0 Å². The van der Waals surface area contributed by atoms with Gasteiger partial charge in [-0.3, -0.25) is 14.0 Å². The third-order valence-corrected chi connectivity index (χ3v) is 9.83. The number of rotatable bonds is 9. The van der Waals surface area contributed by atoms with Crippen molar-refractivity contribution in [2.45, 2.75) is 57.3 Å². The molecular formula is C25H30FN3O8S2. The number of fused-ring (bicyclic) bond motifs is 1. The van der Waals surface area contributed by atoms with E-state index in [4.69, 9.17) is 13.9 Å². The molecule has 0 fully saturated rings. The first-order valence-electron chi connectivity index (χ1n) is 11.9. The lowest BCUT2D eigenvalue weighted by Crippen LogP contribution is -2.60. The highest BCUT2D eigenvalue weighted by atomic mass is 32.3. The van der Waals surface area contributed by atoms with Gasteiger partial charge in [-0.15, -0.1) is 11.3 Å². The number of carbonyl (C=O) groups excluding carboxylic acids is 1. The van der Waals surface area contributed by atoms with Crippen molar-refractivity contribution in [1.82, 2.24) is 9.29 Å². The van der Waals surface area contributed by atoms with Gasteiger partial charge in [0.15, 0.2) is 5.54 Å². The molecule has 212 valence electrons. The van der Waals surface area contributed by atoms with Crippen LogP contribution in [-0.2, 0) is 9.53 Å². The van der Waals surface area contributed by atoms with Gasteiger partial charge < -0.3 is 19.0 Å². The molecule has 3 N–H and O–H groups in total. The fourth-order valence-corrected chi connectivity index (χ4v) is 8.13. The minimum Gasteiger partial charge on any atom is -0.496 e. The van der Waals surface area contributed by atoms with Gasteiger partial charge in [0.2, 0.25) is 5.89 Å². The zero-order chi connectivity index (χ0) is 28.9. The first kappa shape index (κ1) is 28.8. The van der Waals surface area contributed by atoms with Gasteiger partial charge >= 0.3 is 12.0 Å². The maximum absolute atomic E-state index is 14.4. The number of carboxylic acid groups (broad SMARTS) is 1. The normalized spacial score (nSPS) is 16.8. The second kappa shape index (κ2) is 10.4. The number of methoxy groups -OCH3 is 1. The molecular weight excluding hydrogens is 553 g/mol. The van der Waals surface area contributed by atoms with Crippen LogP contribution in [0.2, 0.25) is 0 Å². The van der Waals surface area contributed by atoms with E-state index in [0.29, 0.717) is 26.1 Å². The van der Waals surface area contributed by atoms with Gasteiger partial charge in [0, 0.05) is 5.56 Å². The Morgan fingerprint density at radius 2 is 2.00 bits per heavy atom. The zero-order valence-electron chi connectivity index (χ0n) is 22.2. The van der Waals surface area contributed by atoms with Gasteiger partial charge in [-0.05, 0) is 58.4 Å².